The van der Waals surface area contributed by atoms with Crippen molar-refractivity contribution in [3.05, 3.63) is 34.7 Å². The van der Waals surface area contributed by atoms with Gasteiger partial charge in [0.25, 0.3) is 0 Å². The molecule has 0 saturated heterocycles. The van der Waals surface area contributed by atoms with Gasteiger partial charge in [0.1, 0.15) is 11.5 Å². The summed E-state index contributed by atoms with van der Waals surface area (Å²) < 4.78 is 17.0. The Hall–Kier alpha value is -1.23. The van der Waals surface area contributed by atoms with Gasteiger partial charge in [0.2, 0.25) is 0 Å². The van der Waals surface area contributed by atoms with Crippen molar-refractivity contribution in [2.45, 2.75) is 44.1 Å². The second-order valence-electron chi connectivity index (χ2n) is 7.81. The maximum atomic E-state index is 14.2. The second kappa shape index (κ2) is 4.88. The van der Waals surface area contributed by atoms with Gasteiger partial charge < -0.3 is 0 Å². The highest BCUT2D eigenvalue weighted by atomic mass is 79.9. The average molecular weight is 376 g/mol. The zero-order valence-corrected chi connectivity index (χ0v) is 14.5. The molecule has 6 rings (SSSR count). The largest absolute Gasteiger partial charge is 0.246 e. The Morgan fingerprint density at radius 2 is 1.74 bits per heavy atom. The number of hydrogen-bond acceptors (Lipinski definition) is 2. The van der Waals surface area contributed by atoms with E-state index in [9.17, 15) is 4.39 Å². The van der Waals surface area contributed by atoms with Gasteiger partial charge in [-0.05, 0) is 74.5 Å². The van der Waals surface area contributed by atoms with E-state index in [0.29, 0.717) is 11.3 Å². The van der Waals surface area contributed by atoms with Crippen LogP contribution >= 0.6 is 15.9 Å². The topological polar surface area (TPSA) is 30.7 Å². The molecular formula is C18H19BrFN3. The molecule has 1 aromatic heterocycles. The number of hydrogen-bond donors (Lipinski definition) is 0. The molecule has 4 fully saturated rings. The molecule has 4 bridgehead atoms. The predicted octanol–water partition coefficient (Wildman–Crippen LogP) is 4.77. The van der Waals surface area contributed by atoms with Gasteiger partial charge in [-0.2, -0.15) is 0 Å². The maximum absolute atomic E-state index is 14.2. The molecule has 1 aromatic carbocycles. The van der Waals surface area contributed by atoms with Gasteiger partial charge in [0, 0.05) is 10.0 Å². The predicted molar refractivity (Wildman–Crippen MR) is 89.3 cm³/mol. The highest BCUT2D eigenvalue weighted by molar-refractivity contribution is 9.10. The first-order valence-corrected chi connectivity index (χ1v) is 9.29. The van der Waals surface area contributed by atoms with Gasteiger partial charge in [-0.25, -0.2) is 9.07 Å². The summed E-state index contributed by atoms with van der Waals surface area (Å²) >= 11 is 3.30. The Balaban J connectivity index is 1.52. The van der Waals surface area contributed by atoms with Crippen molar-refractivity contribution < 1.29 is 4.39 Å². The van der Waals surface area contributed by atoms with E-state index in [2.05, 4.69) is 30.9 Å². The fourth-order valence-electron chi connectivity index (χ4n) is 5.66. The standard InChI is InChI=1S/C18H19BrFN3/c19-14-1-2-15(16(20)6-14)17-10-23(22-21-17)18-7-11-3-12(8-18)5-13(4-11)9-18/h1-2,6,10-13H,3-5,7-9H2. The van der Waals surface area contributed by atoms with E-state index in [1.807, 2.05) is 12.3 Å². The monoisotopic (exact) mass is 375 g/mol. The molecule has 23 heavy (non-hydrogen) atoms. The van der Waals surface area contributed by atoms with Crippen LogP contribution in [-0.2, 0) is 5.54 Å². The third kappa shape index (κ3) is 2.19. The van der Waals surface area contributed by atoms with Gasteiger partial charge in [-0.15, -0.1) is 5.10 Å². The first kappa shape index (κ1) is 14.1. The summed E-state index contributed by atoms with van der Waals surface area (Å²) in [7, 11) is 0. The molecule has 1 heterocycles. The van der Waals surface area contributed by atoms with Crippen LogP contribution in [0, 0.1) is 23.6 Å². The van der Waals surface area contributed by atoms with Crippen LogP contribution in [-0.4, -0.2) is 15.0 Å². The van der Waals surface area contributed by atoms with Crippen molar-refractivity contribution >= 4 is 15.9 Å². The highest BCUT2D eigenvalue weighted by Crippen LogP contribution is 2.58. The van der Waals surface area contributed by atoms with E-state index in [1.54, 1.807) is 6.07 Å². The van der Waals surface area contributed by atoms with Crippen LogP contribution in [0.3, 0.4) is 0 Å². The molecule has 5 heteroatoms. The lowest BCUT2D eigenvalue weighted by molar-refractivity contribution is -0.0502. The lowest BCUT2D eigenvalue weighted by Crippen LogP contribution is -2.52. The Morgan fingerprint density at radius 3 is 2.35 bits per heavy atom. The number of benzene rings is 1. The Kier molecular flexibility index (Phi) is 3.00. The fourth-order valence-corrected chi connectivity index (χ4v) is 5.99. The number of aromatic nitrogens is 3. The molecule has 0 N–H and O–H groups in total. The van der Waals surface area contributed by atoms with Crippen LogP contribution < -0.4 is 0 Å². The van der Waals surface area contributed by atoms with Crippen LogP contribution in [0.25, 0.3) is 11.3 Å². The Labute approximate surface area is 143 Å². The molecule has 0 spiro atoms. The lowest BCUT2D eigenvalue weighted by Gasteiger charge is -2.56. The second-order valence-corrected chi connectivity index (χ2v) is 8.73. The molecule has 4 aliphatic rings. The van der Waals surface area contributed by atoms with E-state index in [-0.39, 0.29) is 11.4 Å². The van der Waals surface area contributed by atoms with Crippen molar-refractivity contribution in [2.75, 3.05) is 0 Å². The smallest absolute Gasteiger partial charge is 0.133 e. The molecule has 2 aromatic rings. The van der Waals surface area contributed by atoms with Crippen LogP contribution in [0.1, 0.15) is 38.5 Å². The van der Waals surface area contributed by atoms with Crippen LogP contribution in [0.4, 0.5) is 4.39 Å². The molecule has 0 amide bonds. The van der Waals surface area contributed by atoms with Gasteiger partial charge in [0.15, 0.2) is 0 Å². The Bertz CT molecular complexity index is 734. The maximum Gasteiger partial charge on any atom is 0.133 e. The SMILES string of the molecule is Fc1cc(Br)ccc1-c1cn(C23CC4CC(CC(C4)C2)C3)nn1. The van der Waals surface area contributed by atoms with E-state index >= 15 is 0 Å². The molecule has 4 saturated carbocycles. The molecule has 3 nitrogen and oxygen atoms in total. The van der Waals surface area contributed by atoms with Gasteiger partial charge >= 0.3 is 0 Å². The Morgan fingerprint density at radius 1 is 1.09 bits per heavy atom. The third-order valence-electron chi connectivity index (χ3n) is 6.19. The summed E-state index contributed by atoms with van der Waals surface area (Å²) in [4.78, 5) is 0. The van der Waals surface area contributed by atoms with Crippen molar-refractivity contribution in [2.24, 2.45) is 17.8 Å². The van der Waals surface area contributed by atoms with Crippen molar-refractivity contribution in [1.29, 1.82) is 0 Å². The average Bonchev–Trinajstić information content (AvgIpc) is 2.96. The normalized spacial score (nSPS) is 35.0. The summed E-state index contributed by atoms with van der Waals surface area (Å²) in [6.07, 6.45) is 9.87. The first-order chi connectivity index (χ1) is 11.1. The number of halogens is 2. The fraction of sp³-hybridized carbons (Fsp3) is 0.556. The van der Waals surface area contributed by atoms with Crippen LogP contribution in [0.5, 0.6) is 0 Å². The van der Waals surface area contributed by atoms with E-state index < -0.39 is 0 Å². The molecule has 4 aliphatic carbocycles. The molecule has 0 aliphatic heterocycles. The zero-order valence-electron chi connectivity index (χ0n) is 12.9. The summed E-state index contributed by atoms with van der Waals surface area (Å²) in [6.45, 7) is 0. The number of rotatable bonds is 2. The summed E-state index contributed by atoms with van der Waals surface area (Å²) in [5, 5.41) is 8.73. The molecule has 0 unspecified atom stereocenters. The minimum atomic E-state index is -0.253. The quantitative estimate of drug-likeness (QED) is 0.756. The van der Waals surface area contributed by atoms with Crippen molar-refractivity contribution in [1.82, 2.24) is 15.0 Å². The van der Waals surface area contributed by atoms with E-state index in [0.717, 1.165) is 22.2 Å². The summed E-state index contributed by atoms with van der Waals surface area (Å²) in [5.41, 5.74) is 1.32. The molecule has 0 atom stereocenters. The summed E-state index contributed by atoms with van der Waals surface area (Å²) in [6, 6.07) is 5.11. The van der Waals surface area contributed by atoms with Crippen molar-refractivity contribution in [3.8, 4) is 11.3 Å². The molecule has 120 valence electrons. The minimum Gasteiger partial charge on any atom is -0.246 e. The van der Waals surface area contributed by atoms with Crippen molar-refractivity contribution in [3.63, 3.8) is 0 Å². The third-order valence-corrected chi connectivity index (χ3v) is 6.69. The van der Waals surface area contributed by atoms with E-state index in [1.165, 1.54) is 44.6 Å². The first-order valence-electron chi connectivity index (χ1n) is 8.49. The molecule has 0 radical (unpaired) electrons. The van der Waals surface area contributed by atoms with Gasteiger partial charge in [-0.1, -0.05) is 21.1 Å². The van der Waals surface area contributed by atoms with Gasteiger partial charge in [-0.3, -0.25) is 0 Å². The molecular weight excluding hydrogens is 357 g/mol. The van der Waals surface area contributed by atoms with Crippen LogP contribution in [0.15, 0.2) is 28.9 Å². The number of nitrogens with zero attached hydrogens (tertiary/aromatic N) is 3. The zero-order chi connectivity index (χ0) is 15.6. The van der Waals surface area contributed by atoms with E-state index in [4.69, 9.17) is 0 Å². The highest BCUT2D eigenvalue weighted by Gasteiger charge is 2.52. The van der Waals surface area contributed by atoms with Gasteiger partial charge in [0.05, 0.1) is 11.7 Å². The van der Waals surface area contributed by atoms with Crippen LogP contribution in [0.2, 0.25) is 0 Å². The lowest BCUT2D eigenvalue weighted by atomic mass is 9.53. The minimum absolute atomic E-state index is 0.145. The summed E-state index contributed by atoms with van der Waals surface area (Å²) in [5.74, 6) is 2.33.